The van der Waals surface area contributed by atoms with Gasteiger partial charge in [0.2, 0.25) is 11.8 Å². The molecule has 0 spiro atoms. The summed E-state index contributed by atoms with van der Waals surface area (Å²) in [5.41, 5.74) is 0.519. The average Bonchev–Trinajstić information content (AvgIpc) is 2.76. The van der Waals surface area contributed by atoms with Crippen molar-refractivity contribution in [3.63, 3.8) is 0 Å². The number of nitriles is 1. The first kappa shape index (κ1) is 25.2. The van der Waals surface area contributed by atoms with Gasteiger partial charge in [0.05, 0.1) is 6.07 Å². The van der Waals surface area contributed by atoms with Crippen LogP contribution in [0.1, 0.15) is 37.9 Å². The number of amides is 3. The summed E-state index contributed by atoms with van der Waals surface area (Å²) in [6.45, 7) is 4.44. The number of alkyl carbamates (subject to hydrolysis) is 1. The average molecular weight is 453 g/mol. The molecule has 1 unspecified atom stereocenters. The van der Waals surface area contributed by atoms with Crippen molar-refractivity contribution < 1.29 is 24.2 Å². The number of phenolic OH excluding ortho intramolecular Hbond substituents is 1. The maximum absolute atomic E-state index is 13.2. The lowest BCUT2D eigenvalue weighted by Gasteiger charge is -2.29. The molecule has 3 amide bonds. The zero-order chi connectivity index (χ0) is 24.4. The number of phenols is 1. The maximum atomic E-state index is 13.2. The SMILES string of the molecule is CC(C)(C)OC(=O)NCC(=O)N(CC#N)C(C(=O)NCc1ccccc1)c1ccc(O)cc1. The number of nitrogens with zero attached hydrogens (tertiary/aromatic N) is 2. The van der Waals surface area contributed by atoms with E-state index in [1.807, 2.05) is 36.4 Å². The molecule has 33 heavy (non-hydrogen) atoms. The Morgan fingerprint density at radius 3 is 2.27 bits per heavy atom. The van der Waals surface area contributed by atoms with Crippen molar-refractivity contribution in [3.8, 4) is 11.8 Å². The van der Waals surface area contributed by atoms with Crippen LogP contribution in [-0.2, 0) is 20.9 Å². The summed E-state index contributed by atoms with van der Waals surface area (Å²) < 4.78 is 5.13. The Bertz CT molecular complexity index is 994. The Morgan fingerprint density at radius 1 is 1.06 bits per heavy atom. The first-order valence-electron chi connectivity index (χ1n) is 10.3. The highest BCUT2D eigenvalue weighted by Gasteiger charge is 2.31. The van der Waals surface area contributed by atoms with Crippen molar-refractivity contribution in [1.29, 1.82) is 5.26 Å². The van der Waals surface area contributed by atoms with Crippen molar-refractivity contribution in [1.82, 2.24) is 15.5 Å². The number of rotatable bonds is 8. The molecule has 0 aliphatic rings. The first-order valence-corrected chi connectivity index (χ1v) is 10.3. The predicted molar refractivity (Wildman–Crippen MR) is 121 cm³/mol. The summed E-state index contributed by atoms with van der Waals surface area (Å²) in [6.07, 6.45) is -0.789. The number of nitrogens with one attached hydrogen (secondary N) is 2. The maximum Gasteiger partial charge on any atom is 0.408 e. The smallest absolute Gasteiger partial charge is 0.408 e. The Hall–Kier alpha value is -4.06. The molecule has 0 aliphatic heterocycles. The molecule has 9 nitrogen and oxygen atoms in total. The monoisotopic (exact) mass is 452 g/mol. The van der Waals surface area contributed by atoms with Gasteiger partial charge >= 0.3 is 6.09 Å². The van der Waals surface area contributed by atoms with E-state index in [9.17, 15) is 24.8 Å². The van der Waals surface area contributed by atoms with Gasteiger partial charge in [0.1, 0.15) is 30.5 Å². The van der Waals surface area contributed by atoms with E-state index in [1.54, 1.807) is 20.8 Å². The number of ether oxygens (including phenoxy) is 1. The fourth-order valence-corrected chi connectivity index (χ4v) is 2.97. The molecule has 0 aliphatic carbocycles. The summed E-state index contributed by atoms with van der Waals surface area (Å²) in [7, 11) is 0. The summed E-state index contributed by atoms with van der Waals surface area (Å²) in [4.78, 5) is 39.1. The normalized spacial score (nSPS) is 11.6. The second kappa shape index (κ2) is 11.5. The molecule has 0 bridgehead atoms. The van der Waals surface area contributed by atoms with Crippen molar-refractivity contribution >= 4 is 17.9 Å². The number of carbonyl (C=O) groups excluding carboxylic acids is 3. The third-order valence-electron chi connectivity index (χ3n) is 4.42. The molecule has 9 heteroatoms. The molecule has 0 heterocycles. The van der Waals surface area contributed by atoms with Crippen LogP contribution >= 0.6 is 0 Å². The standard InChI is InChI=1S/C24H28N4O5/c1-24(2,3)33-23(32)27-16-20(30)28(14-13-25)21(18-9-11-19(29)12-10-18)22(31)26-15-17-7-5-4-6-8-17/h4-12,21,29H,14-16H2,1-3H3,(H,26,31)(H,27,32). The van der Waals surface area contributed by atoms with E-state index in [1.165, 1.54) is 24.3 Å². The summed E-state index contributed by atoms with van der Waals surface area (Å²) >= 11 is 0. The van der Waals surface area contributed by atoms with E-state index in [-0.39, 0.29) is 18.8 Å². The van der Waals surface area contributed by atoms with Gasteiger partial charge in [-0.25, -0.2) is 4.79 Å². The minimum Gasteiger partial charge on any atom is -0.508 e. The van der Waals surface area contributed by atoms with E-state index in [0.29, 0.717) is 5.56 Å². The van der Waals surface area contributed by atoms with Gasteiger partial charge in [-0.3, -0.25) is 9.59 Å². The van der Waals surface area contributed by atoms with Gasteiger partial charge in [-0.05, 0) is 44.0 Å². The summed E-state index contributed by atoms with van der Waals surface area (Å²) in [5.74, 6) is -1.16. The highest BCUT2D eigenvalue weighted by atomic mass is 16.6. The highest BCUT2D eigenvalue weighted by Crippen LogP contribution is 2.23. The Kier molecular flexibility index (Phi) is 8.80. The van der Waals surface area contributed by atoms with Crippen molar-refractivity contribution in [2.24, 2.45) is 0 Å². The van der Waals surface area contributed by atoms with E-state index in [2.05, 4.69) is 10.6 Å². The molecule has 2 rings (SSSR count). The molecule has 0 radical (unpaired) electrons. The summed E-state index contributed by atoms with van der Waals surface area (Å²) in [5, 5.41) is 24.1. The second-order valence-corrected chi connectivity index (χ2v) is 8.23. The summed E-state index contributed by atoms with van der Waals surface area (Å²) in [6, 6.07) is 15.8. The van der Waals surface area contributed by atoms with Crippen LogP contribution in [0.25, 0.3) is 0 Å². The molecular formula is C24H28N4O5. The van der Waals surface area contributed by atoms with Crippen LogP contribution < -0.4 is 10.6 Å². The van der Waals surface area contributed by atoms with Gasteiger partial charge in [0, 0.05) is 6.54 Å². The molecular weight excluding hydrogens is 424 g/mol. The van der Waals surface area contributed by atoms with Gasteiger partial charge in [-0.15, -0.1) is 0 Å². The molecule has 0 fully saturated rings. The van der Waals surface area contributed by atoms with Crippen molar-refractivity contribution in [2.75, 3.05) is 13.1 Å². The minimum atomic E-state index is -1.15. The predicted octanol–water partition coefficient (Wildman–Crippen LogP) is 2.63. The number of aromatic hydroxyl groups is 1. The molecule has 0 aromatic heterocycles. The van der Waals surface area contributed by atoms with Crippen LogP contribution in [0.3, 0.4) is 0 Å². The number of hydrogen-bond donors (Lipinski definition) is 3. The van der Waals surface area contributed by atoms with E-state index in [4.69, 9.17) is 4.74 Å². The molecule has 2 aromatic rings. The molecule has 0 saturated heterocycles. The third kappa shape index (κ3) is 8.18. The number of carbonyl (C=O) groups is 3. The van der Waals surface area contributed by atoms with Gasteiger partial charge < -0.3 is 25.4 Å². The largest absolute Gasteiger partial charge is 0.508 e. The zero-order valence-electron chi connectivity index (χ0n) is 18.9. The molecule has 2 aromatic carbocycles. The Balaban J connectivity index is 2.23. The molecule has 0 saturated carbocycles. The quantitative estimate of drug-likeness (QED) is 0.528. The Morgan fingerprint density at radius 2 is 1.70 bits per heavy atom. The molecule has 1 atom stereocenters. The van der Waals surface area contributed by atoms with Crippen LogP contribution in [0.4, 0.5) is 4.79 Å². The molecule has 174 valence electrons. The lowest BCUT2D eigenvalue weighted by Crippen LogP contribution is -2.47. The van der Waals surface area contributed by atoms with Crippen molar-refractivity contribution in [2.45, 2.75) is 39.0 Å². The lowest BCUT2D eigenvalue weighted by molar-refractivity contribution is -0.139. The van der Waals surface area contributed by atoms with Crippen LogP contribution in [0.15, 0.2) is 54.6 Å². The third-order valence-corrected chi connectivity index (χ3v) is 4.42. The van der Waals surface area contributed by atoms with Crippen LogP contribution in [0.2, 0.25) is 0 Å². The molecule has 3 N–H and O–H groups in total. The van der Waals surface area contributed by atoms with Gasteiger partial charge in [0.25, 0.3) is 0 Å². The van der Waals surface area contributed by atoms with E-state index in [0.717, 1.165) is 10.5 Å². The first-order chi connectivity index (χ1) is 15.6. The van der Waals surface area contributed by atoms with Gasteiger partial charge in [0.15, 0.2) is 0 Å². The van der Waals surface area contributed by atoms with Gasteiger partial charge in [-0.2, -0.15) is 5.26 Å². The van der Waals surface area contributed by atoms with Crippen LogP contribution in [0, 0.1) is 11.3 Å². The second-order valence-electron chi connectivity index (χ2n) is 8.23. The topological polar surface area (TPSA) is 132 Å². The van der Waals surface area contributed by atoms with Gasteiger partial charge in [-0.1, -0.05) is 42.5 Å². The Labute approximate surface area is 193 Å². The van der Waals surface area contributed by atoms with E-state index >= 15 is 0 Å². The highest BCUT2D eigenvalue weighted by molar-refractivity contribution is 5.90. The van der Waals surface area contributed by atoms with E-state index < -0.39 is 36.1 Å². The lowest BCUT2D eigenvalue weighted by atomic mass is 10.0. The van der Waals surface area contributed by atoms with Crippen LogP contribution in [-0.4, -0.2) is 46.6 Å². The number of hydrogen-bond acceptors (Lipinski definition) is 6. The minimum absolute atomic E-state index is 0.00746. The fraction of sp³-hybridized carbons (Fsp3) is 0.333. The van der Waals surface area contributed by atoms with Crippen LogP contribution in [0.5, 0.6) is 5.75 Å². The fourth-order valence-electron chi connectivity index (χ4n) is 2.97. The zero-order valence-corrected chi connectivity index (χ0v) is 18.9. The van der Waals surface area contributed by atoms with Crippen molar-refractivity contribution in [3.05, 3.63) is 65.7 Å². The number of benzene rings is 2.